The molecule has 0 spiro atoms. The van der Waals surface area contributed by atoms with E-state index < -0.39 is 5.82 Å². The Balaban J connectivity index is 1.51. The molecule has 0 saturated carbocycles. The average molecular weight is 354 g/mol. The first-order valence-electron chi connectivity index (χ1n) is 8.48. The molecule has 0 atom stereocenters. The van der Waals surface area contributed by atoms with Crippen molar-refractivity contribution in [3.63, 3.8) is 0 Å². The molecule has 7 nitrogen and oxygen atoms in total. The fourth-order valence-electron chi connectivity index (χ4n) is 3.05. The minimum absolute atomic E-state index is 0.238. The van der Waals surface area contributed by atoms with Gasteiger partial charge in [-0.1, -0.05) is 0 Å². The monoisotopic (exact) mass is 354 g/mol. The molecule has 4 rings (SSSR count). The van der Waals surface area contributed by atoms with Crippen molar-refractivity contribution in [3.8, 4) is 0 Å². The van der Waals surface area contributed by atoms with Gasteiger partial charge in [0.05, 0.1) is 16.9 Å². The molecule has 4 heterocycles. The lowest BCUT2D eigenvalue weighted by Crippen LogP contribution is -2.43. The largest absolute Gasteiger partial charge is 0.354 e. The van der Waals surface area contributed by atoms with E-state index in [1.807, 2.05) is 6.07 Å². The van der Waals surface area contributed by atoms with Crippen LogP contribution in [0.2, 0.25) is 0 Å². The number of aromatic nitrogens is 3. The van der Waals surface area contributed by atoms with Crippen LogP contribution in [0.4, 0.5) is 15.9 Å². The number of hydrogen-bond donors (Lipinski definition) is 2. The fourth-order valence-corrected chi connectivity index (χ4v) is 3.05. The Bertz CT molecular complexity index is 946. The maximum atomic E-state index is 14.1. The first-order valence-corrected chi connectivity index (χ1v) is 8.48. The van der Waals surface area contributed by atoms with Gasteiger partial charge in [-0.2, -0.15) is 0 Å². The molecule has 2 N–H and O–H groups in total. The van der Waals surface area contributed by atoms with Crippen molar-refractivity contribution in [2.75, 3.05) is 36.4 Å². The third-order valence-corrected chi connectivity index (χ3v) is 4.34. The Hall–Kier alpha value is -3.00. The zero-order chi connectivity index (χ0) is 18.1. The number of hydrogen-bond acceptors (Lipinski definition) is 5. The van der Waals surface area contributed by atoms with Crippen LogP contribution in [0.5, 0.6) is 0 Å². The van der Waals surface area contributed by atoms with Gasteiger partial charge in [-0.25, -0.2) is 14.4 Å². The highest BCUT2D eigenvalue weighted by Gasteiger charge is 2.14. The van der Waals surface area contributed by atoms with Crippen LogP contribution in [0.25, 0.3) is 5.65 Å². The van der Waals surface area contributed by atoms with Crippen molar-refractivity contribution in [1.82, 2.24) is 19.7 Å². The summed E-state index contributed by atoms with van der Waals surface area (Å²) in [6, 6.07) is 4.83. The number of halogens is 1. The zero-order valence-corrected chi connectivity index (χ0v) is 14.4. The maximum Gasteiger partial charge on any atom is 0.257 e. The molecule has 1 fully saturated rings. The van der Waals surface area contributed by atoms with E-state index in [1.165, 1.54) is 6.07 Å². The maximum absolute atomic E-state index is 14.1. The molecule has 8 heteroatoms. The van der Waals surface area contributed by atoms with Gasteiger partial charge in [-0.3, -0.25) is 4.79 Å². The number of imidazole rings is 1. The lowest BCUT2D eigenvalue weighted by molar-refractivity contribution is 0.102. The summed E-state index contributed by atoms with van der Waals surface area (Å²) < 4.78 is 15.7. The molecular formula is C18H19FN6O. The molecule has 0 aliphatic carbocycles. The van der Waals surface area contributed by atoms with Crippen molar-refractivity contribution in [1.29, 1.82) is 0 Å². The van der Waals surface area contributed by atoms with Crippen LogP contribution in [0.1, 0.15) is 16.1 Å². The molecule has 1 aliphatic rings. The molecule has 3 aromatic heterocycles. The van der Waals surface area contributed by atoms with Crippen LogP contribution in [0.3, 0.4) is 0 Å². The van der Waals surface area contributed by atoms with Gasteiger partial charge in [0.2, 0.25) is 0 Å². The predicted octanol–water partition coefficient (Wildman–Crippen LogP) is 1.84. The lowest BCUT2D eigenvalue weighted by atomic mass is 10.2. The summed E-state index contributed by atoms with van der Waals surface area (Å²) in [5, 5.41) is 6.00. The molecule has 0 bridgehead atoms. The summed E-state index contributed by atoms with van der Waals surface area (Å²) in [5.74, 6) is 0.0347. The lowest BCUT2D eigenvalue weighted by Gasteiger charge is -2.28. The van der Waals surface area contributed by atoms with Crippen LogP contribution in [-0.2, 0) is 0 Å². The van der Waals surface area contributed by atoms with Crippen molar-refractivity contribution >= 4 is 23.1 Å². The molecule has 1 aliphatic heterocycles. The van der Waals surface area contributed by atoms with E-state index >= 15 is 0 Å². The number of nitrogens with zero attached hydrogens (tertiary/aromatic N) is 4. The number of piperazine rings is 1. The fraction of sp³-hybridized carbons (Fsp3) is 0.278. The molecule has 26 heavy (non-hydrogen) atoms. The number of rotatable bonds is 3. The second kappa shape index (κ2) is 6.72. The summed E-state index contributed by atoms with van der Waals surface area (Å²) in [6.07, 6.45) is 4.89. The minimum Gasteiger partial charge on any atom is -0.354 e. The average Bonchev–Trinajstić information content (AvgIpc) is 3.03. The van der Waals surface area contributed by atoms with E-state index in [9.17, 15) is 9.18 Å². The molecule has 134 valence electrons. The van der Waals surface area contributed by atoms with Gasteiger partial charge in [0.25, 0.3) is 5.91 Å². The van der Waals surface area contributed by atoms with Crippen molar-refractivity contribution in [3.05, 3.63) is 53.9 Å². The predicted molar refractivity (Wildman–Crippen MR) is 97.2 cm³/mol. The first-order chi connectivity index (χ1) is 12.6. The van der Waals surface area contributed by atoms with Gasteiger partial charge in [0.1, 0.15) is 5.82 Å². The van der Waals surface area contributed by atoms with Crippen LogP contribution >= 0.6 is 0 Å². The number of pyridine rings is 2. The molecule has 1 amide bonds. The van der Waals surface area contributed by atoms with Crippen molar-refractivity contribution in [2.45, 2.75) is 6.92 Å². The van der Waals surface area contributed by atoms with Gasteiger partial charge < -0.3 is 19.9 Å². The van der Waals surface area contributed by atoms with E-state index in [-0.39, 0.29) is 11.6 Å². The van der Waals surface area contributed by atoms with E-state index in [2.05, 4.69) is 25.5 Å². The minimum atomic E-state index is -0.483. The third-order valence-electron chi connectivity index (χ3n) is 4.34. The number of carbonyl (C=O) groups is 1. The molecule has 0 unspecified atom stereocenters. The van der Waals surface area contributed by atoms with E-state index in [0.717, 1.165) is 32.0 Å². The highest BCUT2D eigenvalue weighted by molar-refractivity contribution is 6.04. The van der Waals surface area contributed by atoms with Gasteiger partial charge in [0, 0.05) is 50.8 Å². The third kappa shape index (κ3) is 3.23. The summed E-state index contributed by atoms with van der Waals surface area (Å²) >= 11 is 0. The standard InChI is InChI=1S/C18H19FN6O/c1-12-10-25-11-14(8-15(19)17(25)22-12)23-18(26)13-2-3-16(21-9-13)24-6-4-20-5-7-24/h2-3,8-11,20H,4-7H2,1H3,(H,23,26). The Morgan fingerprint density at radius 2 is 2.08 bits per heavy atom. The normalized spacial score (nSPS) is 14.6. The Labute approximate surface area is 149 Å². The van der Waals surface area contributed by atoms with Crippen LogP contribution in [0.15, 0.2) is 36.8 Å². The highest BCUT2D eigenvalue weighted by atomic mass is 19.1. The summed E-state index contributed by atoms with van der Waals surface area (Å²) in [6.45, 7) is 5.41. The van der Waals surface area contributed by atoms with E-state index in [4.69, 9.17) is 0 Å². The van der Waals surface area contributed by atoms with Gasteiger partial charge >= 0.3 is 0 Å². The second-order valence-electron chi connectivity index (χ2n) is 6.29. The van der Waals surface area contributed by atoms with Gasteiger partial charge in [0.15, 0.2) is 11.5 Å². The quantitative estimate of drug-likeness (QED) is 0.751. The van der Waals surface area contributed by atoms with E-state index in [1.54, 1.807) is 36.0 Å². The SMILES string of the molecule is Cc1cn2cc(NC(=O)c3ccc(N4CCNCC4)nc3)cc(F)c2n1. The van der Waals surface area contributed by atoms with Gasteiger partial charge in [-0.05, 0) is 19.1 Å². The highest BCUT2D eigenvalue weighted by Crippen LogP contribution is 2.17. The molecule has 1 saturated heterocycles. The molecule has 0 radical (unpaired) electrons. The second-order valence-corrected chi connectivity index (χ2v) is 6.29. The Morgan fingerprint density at radius 1 is 1.27 bits per heavy atom. The topological polar surface area (TPSA) is 74.6 Å². The smallest absolute Gasteiger partial charge is 0.257 e. The number of fused-ring (bicyclic) bond motifs is 1. The Kier molecular flexibility index (Phi) is 4.26. The number of aryl methyl sites for hydroxylation is 1. The van der Waals surface area contributed by atoms with Crippen LogP contribution in [-0.4, -0.2) is 46.5 Å². The first kappa shape index (κ1) is 16.5. The number of carbonyl (C=O) groups excluding carboxylic acids is 1. The van der Waals surface area contributed by atoms with E-state index in [0.29, 0.717) is 16.9 Å². The molecule has 3 aromatic rings. The number of nitrogens with one attached hydrogen (secondary N) is 2. The molecule has 0 aromatic carbocycles. The van der Waals surface area contributed by atoms with Crippen molar-refractivity contribution in [2.24, 2.45) is 0 Å². The number of amides is 1. The Morgan fingerprint density at radius 3 is 2.81 bits per heavy atom. The van der Waals surface area contributed by atoms with Crippen LogP contribution < -0.4 is 15.5 Å². The van der Waals surface area contributed by atoms with Crippen LogP contribution in [0, 0.1) is 12.7 Å². The summed E-state index contributed by atoms with van der Waals surface area (Å²) in [7, 11) is 0. The summed E-state index contributed by atoms with van der Waals surface area (Å²) in [5.41, 5.74) is 1.73. The zero-order valence-electron chi connectivity index (χ0n) is 14.4. The van der Waals surface area contributed by atoms with Crippen molar-refractivity contribution < 1.29 is 9.18 Å². The molecular weight excluding hydrogens is 335 g/mol. The summed E-state index contributed by atoms with van der Waals surface area (Å²) in [4.78, 5) is 23.1. The number of anilines is 2. The van der Waals surface area contributed by atoms with Gasteiger partial charge in [-0.15, -0.1) is 0 Å².